The molecule has 2 N–H and O–H groups in total. The molecule has 2 aromatic rings. The number of aromatic nitrogens is 3. The van der Waals surface area contributed by atoms with Gasteiger partial charge >= 0.3 is 18.1 Å². The zero-order chi connectivity index (χ0) is 16.9. The van der Waals surface area contributed by atoms with E-state index in [4.69, 9.17) is 15.0 Å². The topological polar surface area (TPSA) is 113 Å². The molecule has 0 radical (unpaired) electrons. The summed E-state index contributed by atoms with van der Waals surface area (Å²) in [5, 5.41) is 15.9. The van der Waals surface area contributed by atoms with Gasteiger partial charge in [-0.2, -0.15) is 13.2 Å². The van der Waals surface area contributed by atoms with Crippen molar-refractivity contribution in [3.63, 3.8) is 0 Å². The summed E-state index contributed by atoms with van der Waals surface area (Å²) in [5.74, 6) is -3.12. The second kappa shape index (κ2) is 6.93. The molecular weight excluding hydrogens is 327 g/mol. The number of thiazole rings is 1. The van der Waals surface area contributed by atoms with Crippen LogP contribution in [0.1, 0.15) is 15.6 Å². The zero-order valence-corrected chi connectivity index (χ0v) is 11.6. The van der Waals surface area contributed by atoms with Crippen LogP contribution in [0.2, 0.25) is 0 Å². The van der Waals surface area contributed by atoms with Crippen LogP contribution >= 0.6 is 11.3 Å². The summed E-state index contributed by atoms with van der Waals surface area (Å²) in [6.07, 6.45) is -1.94. The number of alkyl halides is 3. The number of carboxylic acids is 2. The minimum absolute atomic E-state index is 0.0706. The summed E-state index contributed by atoms with van der Waals surface area (Å²) in [6, 6.07) is 1.73. The predicted molar refractivity (Wildman–Crippen MR) is 68.5 cm³/mol. The number of hydrogen-bond acceptors (Lipinski definition) is 6. The van der Waals surface area contributed by atoms with E-state index in [9.17, 15) is 18.0 Å². The van der Waals surface area contributed by atoms with Gasteiger partial charge in [-0.05, 0) is 13.0 Å². The average Bonchev–Trinajstić information content (AvgIpc) is 2.88. The van der Waals surface area contributed by atoms with E-state index in [1.54, 1.807) is 19.2 Å². The van der Waals surface area contributed by atoms with Gasteiger partial charge in [-0.1, -0.05) is 0 Å². The van der Waals surface area contributed by atoms with Gasteiger partial charge in [-0.25, -0.2) is 24.5 Å². The lowest BCUT2D eigenvalue weighted by Crippen LogP contribution is -2.21. The van der Waals surface area contributed by atoms with Crippen LogP contribution in [-0.2, 0) is 4.79 Å². The van der Waals surface area contributed by atoms with Crippen LogP contribution < -0.4 is 0 Å². The number of carbonyl (C=O) groups is 2. The molecule has 0 unspecified atom stereocenters. The Morgan fingerprint density at radius 3 is 2.23 bits per heavy atom. The van der Waals surface area contributed by atoms with Crippen molar-refractivity contribution in [2.24, 2.45) is 0 Å². The van der Waals surface area contributed by atoms with Gasteiger partial charge in [-0.15, -0.1) is 11.3 Å². The normalized spacial score (nSPS) is 10.5. The van der Waals surface area contributed by atoms with Gasteiger partial charge in [0.25, 0.3) is 0 Å². The molecule has 118 valence electrons. The SMILES string of the molecule is Cc1nccc(-c2cnc(C(=O)O)s2)n1.O=C(O)C(F)(F)F. The lowest BCUT2D eigenvalue weighted by molar-refractivity contribution is -0.192. The largest absolute Gasteiger partial charge is 0.490 e. The number of aryl methyl sites for hydroxylation is 1. The van der Waals surface area contributed by atoms with Crippen molar-refractivity contribution in [1.29, 1.82) is 0 Å². The van der Waals surface area contributed by atoms with Crippen LogP contribution in [0.25, 0.3) is 10.6 Å². The van der Waals surface area contributed by atoms with Crippen LogP contribution in [0.4, 0.5) is 13.2 Å². The second-order valence-electron chi connectivity index (χ2n) is 3.63. The van der Waals surface area contributed by atoms with Crippen molar-refractivity contribution in [2.75, 3.05) is 0 Å². The van der Waals surface area contributed by atoms with Crippen LogP contribution in [0.15, 0.2) is 18.5 Å². The molecule has 0 spiro atoms. The summed E-state index contributed by atoms with van der Waals surface area (Å²) in [6.45, 7) is 1.78. The molecule has 2 heterocycles. The molecule has 22 heavy (non-hydrogen) atoms. The zero-order valence-electron chi connectivity index (χ0n) is 10.8. The Morgan fingerprint density at radius 1 is 1.23 bits per heavy atom. The standard InChI is InChI=1S/C9H7N3O2S.C2HF3O2/c1-5-10-3-2-6(12-5)7-4-11-8(15-7)9(13)14;3-2(4,5)1(6)7/h2-4H,1H3,(H,13,14);(H,6,7). The fraction of sp³-hybridized carbons (Fsp3) is 0.182. The van der Waals surface area contributed by atoms with Crippen molar-refractivity contribution in [3.05, 3.63) is 29.3 Å². The number of aliphatic carboxylic acids is 1. The van der Waals surface area contributed by atoms with Gasteiger partial charge in [0.1, 0.15) is 5.82 Å². The quantitative estimate of drug-likeness (QED) is 0.865. The first-order valence-electron chi connectivity index (χ1n) is 5.40. The summed E-state index contributed by atoms with van der Waals surface area (Å²) in [5.41, 5.74) is 0.701. The molecule has 0 aliphatic heterocycles. The molecule has 0 aromatic carbocycles. The van der Waals surface area contributed by atoms with Crippen molar-refractivity contribution < 1.29 is 33.0 Å². The van der Waals surface area contributed by atoms with E-state index in [2.05, 4.69) is 15.0 Å². The van der Waals surface area contributed by atoms with Gasteiger partial charge in [0.2, 0.25) is 5.01 Å². The highest BCUT2D eigenvalue weighted by atomic mass is 32.1. The Labute approximate surface area is 125 Å². The highest BCUT2D eigenvalue weighted by Crippen LogP contribution is 2.23. The first-order chi connectivity index (χ1) is 10.1. The molecule has 0 aliphatic carbocycles. The van der Waals surface area contributed by atoms with E-state index in [1.165, 1.54) is 6.20 Å². The average molecular weight is 335 g/mol. The molecule has 11 heteroatoms. The maximum absolute atomic E-state index is 10.6. The first-order valence-corrected chi connectivity index (χ1v) is 6.22. The summed E-state index contributed by atoms with van der Waals surface area (Å²) in [7, 11) is 0. The minimum Gasteiger partial charge on any atom is -0.476 e. The van der Waals surface area contributed by atoms with E-state index < -0.39 is 18.1 Å². The van der Waals surface area contributed by atoms with Crippen molar-refractivity contribution in [3.8, 4) is 10.6 Å². The molecule has 0 amide bonds. The lowest BCUT2D eigenvalue weighted by Gasteiger charge is -1.95. The van der Waals surface area contributed by atoms with Crippen LogP contribution in [-0.4, -0.2) is 43.3 Å². The number of nitrogens with zero attached hydrogens (tertiary/aromatic N) is 3. The molecule has 0 fully saturated rings. The summed E-state index contributed by atoms with van der Waals surface area (Å²) in [4.78, 5) is 32.2. The van der Waals surface area contributed by atoms with E-state index in [1.807, 2.05) is 0 Å². The third kappa shape index (κ3) is 5.09. The minimum atomic E-state index is -5.08. The molecule has 0 saturated carbocycles. The molecule has 2 rings (SSSR count). The number of hydrogen-bond donors (Lipinski definition) is 2. The number of aromatic carboxylic acids is 1. The second-order valence-corrected chi connectivity index (χ2v) is 4.66. The molecule has 7 nitrogen and oxygen atoms in total. The van der Waals surface area contributed by atoms with E-state index >= 15 is 0 Å². The molecule has 0 bridgehead atoms. The Hall–Kier alpha value is -2.56. The van der Waals surface area contributed by atoms with Gasteiger partial charge in [0, 0.05) is 12.4 Å². The van der Waals surface area contributed by atoms with Crippen LogP contribution in [0, 0.1) is 6.92 Å². The smallest absolute Gasteiger partial charge is 0.476 e. The maximum Gasteiger partial charge on any atom is 0.490 e. The highest BCUT2D eigenvalue weighted by molar-refractivity contribution is 7.16. The number of halogens is 3. The monoisotopic (exact) mass is 335 g/mol. The van der Waals surface area contributed by atoms with Gasteiger partial charge in [-0.3, -0.25) is 0 Å². The van der Waals surface area contributed by atoms with E-state index in [0.717, 1.165) is 16.2 Å². The third-order valence-electron chi connectivity index (χ3n) is 1.96. The van der Waals surface area contributed by atoms with Crippen LogP contribution in [0.3, 0.4) is 0 Å². The van der Waals surface area contributed by atoms with Gasteiger partial charge < -0.3 is 10.2 Å². The first kappa shape index (κ1) is 17.5. The number of carboxylic acid groups (broad SMARTS) is 2. The number of rotatable bonds is 2. The predicted octanol–water partition coefficient (Wildman–Crippen LogP) is 2.24. The Bertz CT molecular complexity index is 687. The van der Waals surface area contributed by atoms with Gasteiger partial charge in [0.15, 0.2) is 0 Å². The van der Waals surface area contributed by atoms with Crippen molar-refractivity contribution in [1.82, 2.24) is 15.0 Å². The molecule has 0 aliphatic rings. The van der Waals surface area contributed by atoms with Crippen LogP contribution in [0.5, 0.6) is 0 Å². The maximum atomic E-state index is 10.6. The molecule has 0 saturated heterocycles. The van der Waals surface area contributed by atoms with E-state index in [-0.39, 0.29) is 5.01 Å². The Balaban J connectivity index is 0.000000295. The molecule has 0 atom stereocenters. The molecular formula is C11H8F3N3O4S. The Kier molecular flexibility index (Phi) is 5.51. The molecule has 2 aromatic heterocycles. The third-order valence-corrected chi connectivity index (χ3v) is 2.97. The van der Waals surface area contributed by atoms with Crippen molar-refractivity contribution >= 4 is 23.3 Å². The fourth-order valence-electron chi connectivity index (χ4n) is 1.08. The fourth-order valence-corrected chi connectivity index (χ4v) is 1.81. The van der Waals surface area contributed by atoms with Crippen molar-refractivity contribution in [2.45, 2.75) is 13.1 Å². The Morgan fingerprint density at radius 2 is 1.82 bits per heavy atom. The highest BCUT2D eigenvalue weighted by Gasteiger charge is 2.38. The summed E-state index contributed by atoms with van der Waals surface area (Å²) < 4.78 is 31.7. The van der Waals surface area contributed by atoms with E-state index in [0.29, 0.717) is 11.5 Å². The lowest BCUT2D eigenvalue weighted by atomic mass is 10.3. The van der Waals surface area contributed by atoms with Gasteiger partial charge in [0.05, 0.1) is 10.6 Å². The summed E-state index contributed by atoms with van der Waals surface area (Å²) >= 11 is 1.10.